The van der Waals surface area contributed by atoms with Crippen molar-refractivity contribution in [2.75, 3.05) is 6.54 Å². The Morgan fingerprint density at radius 2 is 1.87 bits per heavy atom. The summed E-state index contributed by atoms with van der Waals surface area (Å²) in [6.07, 6.45) is 4.01. The van der Waals surface area contributed by atoms with E-state index in [-0.39, 0.29) is 5.91 Å². The van der Waals surface area contributed by atoms with Crippen LogP contribution in [-0.2, 0) is 17.9 Å². The van der Waals surface area contributed by atoms with Gasteiger partial charge in [0.1, 0.15) is 0 Å². The standard InChI is InChI=1S/C19H25N3O/c1-16(2)22(15-17-7-4-3-5-8-17)12-10-19(23)21-14-18-9-6-11-20-13-18/h3-9,11,13,16H,10,12,14-15H2,1-2H3,(H,21,23). The van der Waals surface area contributed by atoms with Crippen molar-refractivity contribution >= 4 is 5.91 Å². The average Bonchev–Trinajstić information content (AvgIpc) is 2.58. The Labute approximate surface area is 138 Å². The third-order valence-electron chi connectivity index (χ3n) is 3.80. The second-order valence-electron chi connectivity index (χ2n) is 5.94. The van der Waals surface area contributed by atoms with Crippen molar-refractivity contribution in [2.45, 2.75) is 39.4 Å². The highest BCUT2D eigenvalue weighted by atomic mass is 16.1. The SMILES string of the molecule is CC(C)N(CCC(=O)NCc1cccnc1)Cc1ccccc1. The number of carbonyl (C=O) groups is 1. The van der Waals surface area contributed by atoms with Crippen LogP contribution in [0.25, 0.3) is 0 Å². The van der Waals surface area contributed by atoms with Crippen LogP contribution in [0.5, 0.6) is 0 Å². The maximum atomic E-state index is 12.0. The van der Waals surface area contributed by atoms with Crippen LogP contribution in [0.15, 0.2) is 54.9 Å². The third-order valence-corrected chi connectivity index (χ3v) is 3.80. The molecule has 0 spiro atoms. The molecule has 0 unspecified atom stereocenters. The first-order chi connectivity index (χ1) is 11.1. The predicted molar refractivity (Wildman–Crippen MR) is 92.7 cm³/mol. The Bertz CT molecular complexity index is 584. The van der Waals surface area contributed by atoms with Crippen molar-refractivity contribution < 1.29 is 4.79 Å². The fraction of sp³-hybridized carbons (Fsp3) is 0.368. The lowest BCUT2D eigenvalue weighted by Gasteiger charge is -2.26. The van der Waals surface area contributed by atoms with Gasteiger partial charge in [-0.1, -0.05) is 36.4 Å². The molecule has 0 saturated carbocycles. The zero-order chi connectivity index (χ0) is 16.5. The van der Waals surface area contributed by atoms with Crippen LogP contribution in [0.4, 0.5) is 0 Å². The number of benzene rings is 1. The molecule has 0 saturated heterocycles. The molecule has 122 valence electrons. The van der Waals surface area contributed by atoms with E-state index in [1.807, 2.05) is 18.2 Å². The van der Waals surface area contributed by atoms with Gasteiger partial charge in [-0.25, -0.2) is 0 Å². The summed E-state index contributed by atoms with van der Waals surface area (Å²) in [6.45, 7) is 6.49. The Hall–Kier alpha value is -2.20. The first-order valence-corrected chi connectivity index (χ1v) is 8.08. The molecule has 0 atom stereocenters. The molecule has 2 rings (SSSR count). The molecule has 2 aromatic rings. The molecule has 4 nitrogen and oxygen atoms in total. The van der Waals surface area contributed by atoms with Crippen molar-refractivity contribution in [3.8, 4) is 0 Å². The summed E-state index contributed by atoms with van der Waals surface area (Å²) in [7, 11) is 0. The topological polar surface area (TPSA) is 45.2 Å². The average molecular weight is 311 g/mol. The van der Waals surface area contributed by atoms with Gasteiger partial charge >= 0.3 is 0 Å². The fourth-order valence-corrected chi connectivity index (χ4v) is 2.37. The van der Waals surface area contributed by atoms with E-state index in [1.54, 1.807) is 12.4 Å². The number of amides is 1. The van der Waals surface area contributed by atoms with E-state index in [0.29, 0.717) is 19.0 Å². The smallest absolute Gasteiger partial charge is 0.221 e. The molecule has 0 bridgehead atoms. The van der Waals surface area contributed by atoms with Crippen molar-refractivity contribution in [2.24, 2.45) is 0 Å². The van der Waals surface area contributed by atoms with Gasteiger partial charge in [0.05, 0.1) is 0 Å². The quantitative estimate of drug-likeness (QED) is 0.815. The van der Waals surface area contributed by atoms with Crippen LogP contribution in [0, 0.1) is 0 Å². The van der Waals surface area contributed by atoms with Gasteiger partial charge in [-0.3, -0.25) is 14.7 Å². The number of nitrogens with one attached hydrogen (secondary N) is 1. The second kappa shape index (κ2) is 9.06. The lowest BCUT2D eigenvalue weighted by Crippen LogP contribution is -2.34. The number of rotatable bonds is 8. The van der Waals surface area contributed by atoms with Crippen LogP contribution >= 0.6 is 0 Å². The highest BCUT2D eigenvalue weighted by molar-refractivity contribution is 5.76. The van der Waals surface area contributed by atoms with E-state index in [1.165, 1.54) is 5.56 Å². The number of carbonyl (C=O) groups excluding carboxylic acids is 1. The van der Waals surface area contributed by atoms with Gasteiger partial charge in [0.2, 0.25) is 5.91 Å². The van der Waals surface area contributed by atoms with Crippen LogP contribution in [0.3, 0.4) is 0 Å². The highest BCUT2D eigenvalue weighted by Crippen LogP contribution is 2.08. The zero-order valence-electron chi connectivity index (χ0n) is 13.9. The summed E-state index contributed by atoms with van der Waals surface area (Å²) in [4.78, 5) is 18.4. The summed E-state index contributed by atoms with van der Waals surface area (Å²) < 4.78 is 0. The molecule has 23 heavy (non-hydrogen) atoms. The highest BCUT2D eigenvalue weighted by Gasteiger charge is 2.12. The van der Waals surface area contributed by atoms with E-state index in [0.717, 1.165) is 18.7 Å². The van der Waals surface area contributed by atoms with Gasteiger partial charge in [0.15, 0.2) is 0 Å². The first kappa shape index (κ1) is 17.2. The van der Waals surface area contributed by atoms with Crippen LogP contribution < -0.4 is 5.32 Å². The summed E-state index contributed by atoms with van der Waals surface area (Å²) in [5.74, 6) is 0.0764. The molecule has 1 heterocycles. The maximum absolute atomic E-state index is 12.0. The molecule has 1 aromatic heterocycles. The Kier molecular flexibility index (Phi) is 6.76. The lowest BCUT2D eigenvalue weighted by molar-refractivity contribution is -0.121. The van der Waals surface area contributed by atoms with Gasteiger partial charge < -0.3 is 5.32 Å². The minimum atomic E-state index is 0.0764. The monoisotopic (exact) mass is 311 g/mol. The molecule has 0 aliphatic carbocycles. The largest absolute Gasteiger partial charge is 0.352 e. The number of aromatic nitrogens is 1. The van der Waals surface area contributed by atoms with Crippen LogP contribution in [-0.4, -0.2) is 28.4 Å². The normalized spacial score (nSPS) is 11.0. The van der Waals surface area contributed by atoms with Crippen molar-refractivity contribution in [3.63, 3.8) is 0 Å². The third kappa shape index (κ3) is 6.20. The fourth-order valence-electron chi connectivity index (χ4n) is 2.37. The molecule has 0 aliphatic heterocycles. The Morgan fingerprint density at radius 3 is 2.52 bits per heavy atom. The van der Waals surface area contributed by atoms with Gasteiger partial charge in [-0.15, -0.1) is 0 Å². The Morgan fingerprint density at radius 1 is 1.13 bits per heavy atom. The Balaban J connectivity index is 1.78. The summed E-state index contributed by atoms with van der Waals surface area (Å²) in [5.41, 5.74) is 2.29. The summed E-state index contributed by atoms with van der Waals surface area (Å²) >= 11 is 0. The number of nitrogens with zero attached hydrogens (tertiary/aromatic N) is 2. The van der Waals surface area contributed by atoms with Gasteiger partial charge in [0, 0.05) is 44.5 Å². The van der Waals surface area contributed by atoms with E-state index in [9.17, 15) is 4.79 Å². The molecular weight excluding hydrogens is 286 g/mol. The van der Waals surface area contributed by atoms with E-state index >= 15 is 0 Å². The summed E-state index contributed by atoms with van der Waals surface area (Å²) in [5, 5.41) is 2.95. The number of hydrogen-bond donors (Lipinski definition) is 1. The van der Waals surface area contributed by atoms with Gasteiger partial charge in [0.25, 0.3) is 0 Å². The lowest BCUT2D eigenvalue weighted by atomic mass is 10.2. The van der Waals surface area contributed by atoms with Crippen LogP contribution in [0.2, 0.25) is 0 Å². The van der Waals surface area contributed by atoms with Crippen molar-refractivity contribution in [1.29, 1.82) is 0 Å². The van der Waals surface area contributed by atoms with E-state index in [4.69, 9.17) is 0 Å². The molecule has 0 fully saturated rings. The van der Waals surface area contributed by atoms with E-state index < -0.39 is 0 Å². The first-order valence-electron chi connectivity index (χ1n) is 8.08. The molecule has 0 radical (unpaired) electrons. The van der Waals surface area contributed by atoms with Crippen LogP contribution in [0.1, 0.15) is 31.4 Å². The van der Waals surface area contributed by atoms with Gasteiger partial charge in [-0.05, 0) is 31.0 Å². The maximum Gasteiger partial charge on any atom is 0.221 e. The minimum Gasteiger partial charge on any atom is -0.352 e. The van der Waals surface area contributed by atoms with E-state index in [2.05, 4.69) is 53.3 Å². The van der Waals surface area contributed by atoms with Crippen molar-refractivity contribution in [1.82, 2.24) is 15.2 Å². The zero-order valence-corrected chi connectivity index (χ0v) is 13.9. The molecule has 4 heteroatoms. The predicted octanol–water partition coefficient (Wildman–Crippen LogP) is 3.00. The molecule has 0 aliphatic rings. The molecule has 1 amide bonds. The molecule has 1 aromatic carbocycles. The van der Waals surface area contributed by atoms with Crippen molar-refractivity contribution in [3.05, 3.63) is 66.0 Å². The second-order valence-corrected chi connectivity index (χ2v) is 5.94. The summed E-state index contributed by atoms with van der Waals surface area (Å²) in [6, 6.07) is 14.6. The number of hydrogen-bond acceptors (Lipinski definition) is 3. The molecule has 1 N–H and O–H groups in total. The van der Waals surface area contributed by atoms with Gasteiger partial charge in [-0.2, -0.15) is 0 Å². The molecular formula is C19H25N3O. The minimum absolute atomic E-state index is 0.0764. The number of pyridine rings is 1.